The first-order chi connectivity index (χ1) is 14.3. The van der Waals surface area contributed by atoms with Gasteiger partial charge in [0, 0.05) is 10.8 Å². The lowest BCUT2D eigenvalue weighted by Crippen LogP contribution is -2.28. The maximum absolute atomic E-state index is 13.6. The number of carbonyl (C=O) groups is 1. The highest BCUT2D eigenvalue weighted by Gasteiger charge is 2.30. The van der Waals surface area contributed by atoms with E-state index in [2.05, 4.69) is 41.0 Å². The number of nitrogens with zero attached hydrogens (tertiary/aromatic N) is 1. The lowest BCUT2D eigenvalue weighted by atomic mass is 9.97. The van der Waals surface area contributed by atoms with Crippen LogP contribution in [0.15, 0.2) is 78.9 Å². The standard InChI is InChI=1S/C26H25NO2/c28-26(29-20-13-5-2-6-14-20)25(19-11-3-1-4-12-19)27-23-17-9-7-15-21(23)22-16-8-10-18-24(22)27/h1,3-4,7-12,15-18,20,25H,2,5-6,13-14H2. The number of hydrogen-bond donors (Lipinski definition) is 0. The van der Waals surface area contributed by atoms with E-state index in [0.717, 1.165) is 53.1 Å². The molecule has 1 fully saturated rings. The summed E-state index contributed by atoms with van der Waals surface area (Å²) in [6.07, 6.45) is 5.51. The first-order valence-corrected chi connectivity index (χ1v) is 10.6. The summed E-state index contributed by atoms with van der Waals surface area (Å²) in [5, 5.41) is 2.32. The summed E-state index contributed by atoms with van der Waals surface area (Å²) >= 11 is 0. The second-order valence-corrected chi connectivity index (χ2v) is 7.91. The van der Waals surface area contributed by atoms with Gasteiger partial charge in [-0.05, 0) is 43.4 Å². The van der Waals surface area contributed by atoms with E-state index in [-0.39, 0.29) is 12.1 Å². The van der Waals surface area contributed by atoms with Gasteiger partial charge in [0.2, 0.25) is 0 Å². The molecule has 146 valence electrons. The van der Waals surface area contributed by atoms with Gasteiger partial charge in [-0.15, -0.1) is 0 Å². The van der Waals surface area contributed by atoms with Crippen LogP contribution in [0.25, 0.3) is 21.8 Å². The Balaban J connectivity index is 1.68. The highest BCUT2D eigenvalue weighted by Crippen LogP contribution is 2.35. The predicted molar refractivity (Wildman–Crippen MR) is 117 cm³/mol. The van der Waals surface area contributed by atoms with Gasteiger partial charge in [-0.25, -0.2) is 4.79 Å². The summed E-state index contributed by atoms with van der Waals surface area (Å²) in [7, 11) is 0. The molecule has 3 aromatic carbocycles. The summed E-state index contributed by atoms with van der Waals surface area (Å²) in [5.41, 5.74) is 3.08. The zero-order valence-corrected chi connectivity index (χ0v) is 16.5. The van der Waals surface area contributed by atoms with Crippen molar-refractivity contribution in [3.05, 3.63) is 84.4 Å². The molecule has 1 aliphatic rings. The van der Waals surface area contributed by atoms with Gasteiger partial charge < -0.3 is 9.30 Å². The van der Waals surface area contributed by atoms with Gasteiger partial charge in [-0.2, -0.15) is 0 Å². The van der Waals surface area contributed by atoms with Crippen LogP contribution in [0.1, 0.15) is 43.7 Å². The zero-order valence-electron chi connectivity index (χ0n) is 16.5. The number of benzene rings is 3. The fraction of sp³-hybridized carbons (Fsp3) is 0.269. The van der Waals surface area contributed by atoms with Crippen LogP contribution in [0, 0.1) is 0 Å². The largest absolute Gasteiger partial charge is 0.461 e. The van der Waals surface area contributed by atoms with E-state index >= 15 is 0 Å². The van der Waals surface area contributed by atoms with Gasteiger partial charge in [-0.1, -0.05) is 73.2 Å². The molecule has 5 rings (SSSR count). The Labute approximate surface area is 170 Å². The van der Waals surface area contributed by atoms with Crippen molar-refractivity contribution in [2.24, 2.45) is 0 Å². The normalized spacial score (nSPS) is 16.1. The van der Waals surface area contributed by atoms with Gasteiger partial charge in [-0.3, -0.25) is 0 Å². The fourth-order valence-corrected chi connectivity index (χ4v) is 4.67. The fourth-order valence-electron chi connectivity index (χ4n) is 4.67. The maximum Gasteiger partial charge on any atom is 0.334 e. The molecule has 0 radical (unpaired) electrons. The Morgan fingerprint density at radius 3 is 1.93 bits per heavy atom. The molecule has 1 aromatic heterocycles. The van der Waals surface area contributed by atoms with Crippen LogP contribution in [-0.2, 0) is 9.53 Å². The maximum atomic E-state index is 13.6. The highest BCUT2D eigenvalue weighted by molar-refractivity contribution is 6.09. The molecule has 3 nitrogen and oxygen atoms in total. The molecule has 0 saturated heterocycles. The van der Waals surface area contributed by atoms with Gasteiger partial charge in [0.1, 0.15) is 6.10 Å². The number of hydrogen-bond acceptors (Lipinski definition) is 2. The molecule has 1 unspecified atom stereocenters. The number of esters is 1. The lowest BCUT2D eigenvalue weighted by Gasteiger charge is -2.26. The van der Waals surface area contributed by atoms with Crippen LogP contribution in [0.2, 0.25) is 0 Å². The van der Waals surface area contributed by atoms with Crippen molar-refractivity contribution in [3.8, 4) is 0 Å². The van der Waals surface area contributed by atoms with Crippen molar-refractivity contribution >= 4 is 27.8 Å². The van der Waals surface area contributed by atoms with Crippen molar-refractivity contribution in [1.82, 2.24) is 4.57 Å². The second-order valence-electron chi connectivity index (χ2n) is 7.91. The predicted octanol–water partition coefficient (Wildman–Crippen LogP) is 6.26. The number of fused-ring (bicyclic) bond motifs is 3. The third kappa shape index (κ3) is 3.31. The Morgan fingerprint density at radius 1 is 0.759 bits per heavy atom. The Bertz CT molecular complexity index is 1090. The van der Waals surface area contributed by atoms with Crippen molar-refractivity contribution in [1.29, 1.82) is 0 Å². The quantitative estimate of drug-likeness (QED) is 0.390. The molecule has 0 spiro atoms. The van der Waals surface area contributed by atoms with E-state index < -0.39 is 6.04 Å². The van der Waals surface area contributed by atoms with E-state index in [9.17, 15) is 4.79 Å². The molecule has 4 aromatic rings. The summed E-state index contributed by atoms with van der Waals surface area (Å²) in [6, 6.07) is 26.1. The van der Waals surface area contributed by atoms with Gasteiger partial charge in [0.15, 0.2) is 6.04 Å². The molecule has 0 aliphatic heterocycles. The smallest absolute Gasteiger partial charge is 0.334 e. The molecule has 1 heterocycles. The number of ether oxygens (including phenoxy) is 1. The van der Waals surface area contributed by atoms with Crippen LogP contribution < -0.4 is 0 Å². The lowest BCUT2D eigenvalue weighted by molar-refractivity contribution is -0.153. The molecule has 3 heteroatoms. The average molecular weight is 383 g/mol. The molecule has 1 saturated carbocycles. The monoisotopic (exact) mass is 383 g/mol. The van der Waals surface area contributed by atoms with E-state index in [4.69, 9.17) is 4.74 Å². The number of aromatic nitrogens is 1. The molecule has 0 N–H and O–H groups in total. The summed E-state index contributed by atoms with van der Waals surface area (Å²) in [5.74, 6) is -0.158. The van der Waals surface area contributed by atoms with Crippen LogP contribution in [0.5, 0.6) is 0 Å². The number of rotatable bonds is 4. The molecular formula is C26H25NO2. The van der Waals surface area contributed by atoms with Crippen LogP contribution in [-0.4, -0.2) is 16.6 Å². The molecule has 29 heavy (non-hydrogen) atoms. The van der Waals surface area contributed by atoms with E-state index in [1.54, 1.807) is 0 Å². The van der Waals surface area contributed by atoms with Crippen molar-refractivity contribution in [3.63, 3.8) is 0 Å². The Morgan fingerprint density at radius 2 is 1.31 bits per heavy atom. The SMILES string of the molecule is O=C(OC1CCCCC1)C(c1ccccc1)n1c2ccccc2c2ccccc21. The van der Waals surface area contributed by atoms with E-state index in [1.807, 2.05) is 42.5 Å². The third-order valence-corrected chi connectivity index (χ3v) is 6.05. The average Bonchev–Trinajstić information content (AvgIpc) is 3.10. The number of carbonyl (C=O) groups excluding carboxylic acids is 1. The summed E-state index contributed by atoms with van der Waals surface area (Å²) in [4.78, 5) is 13.6. The van der Waals surface area contributed by atoms with Crippen LogP contribution in [0.3, 0.4) is 0 Å². The Kier molecular flexibility index (Phi) is 4.81. The van der Waals surface area contributed by atoms with Crippen molar-refractivity contribution in [2.45, 2.75) is 44.2 Å². The molecule has 0 amide bonds. The topological polar surface area (TPSA) is 31.2 Å². The minimum atomic E-state index is -0.497. The molecular weight excluding hydrogens is 358 g/mol. The van der Waals surface area contributed by atoms with Crippen molar-refractivity contribution in [2.75, 3.05) is 0 Å². The van der Waals surface area contributed by atoms with Crippen LogP contribution >= 0.6 is 0 Å². The van der Waals surface area contributed by atoms with Gasteiger partial charge in [0.05, 0.1) is 11.0 Å². The molecule has 1 atom stereocenters. The highest BCUT2D eigenvalue weighted by atomic mass is 16.5. The van der Waals surface area contributed by atoms with Gasteiger partial charge >= 0.3 is 5.97 Å². The summed E-state index contributed by atoms with van der Waals surface area (Å²) in [6.45, 7) is 0. The Hall–Kier alpha value is -3.07. The third-order valence-electron chi connectivity index (χ3n) is 6.05. The first kappa shape index (κ1) is 18.0. The first-order valence-electron chi connectivity index (χ1n) is 10.6. The minimum Gasteiger partial charge on any atom is -0.461 e. The number of para-hydroxylation sites is 2. The minimum absolute atomic E-state index is 0.0375. The molecule has 0 bridgehead atoms. The van der Waals surface area contributed by atoms with E-state index in [1.165, 1.54) is 6.42 Å². The molecule has 1 aliphatic carbocycles. The zero-order chi connectivity index (χ0) is 19.6. The van der Waals surface area contributed by atoms with Crippen LogP contribution in [0.4, 0.5) is 0 Å². The van der Waals surface area contributed by atoms with Gasteiger partial charge in [0.25, 0.3) is 0 Å². The van der Waals surface area contributed by atoms with E-state index in [0.29, 0.717) is 0 Å². The second kappa shape index (κ2) is 7.75. The van der Waals surface area contributed by atoms with Crippen molar-refractivity contribution < 1.29 is 9.53 Å². The summed E-state index contributed by atoms with van der Waals surface area (Å²) < 4.78 is 8.23.